The van der Waals surface area contributed by atoms with Gasteiger partial charge in [-0.2, -0.15) is 5.26 Å². The number of amides is 1. The second-order valence-corrected chi connectivity index (χ2v) is 11.4. The number of fused-ring (bicyclic) bond motifs is 1. The Morgan fingerprint density at radius 3 is 2.62 bits per heavy atom. The van der Waals surface area contributed by atoms with E-state index in [-0.39, 0.29) is 28.0 Å². The van der Waals surface area contributed by atoms with Crippen LogP contribution in [0, 0.1) is 26.9 Å². The van der Waals surface area contributed by atoms with Crippen LogP contribution >= 0.6 is 0 Å². The maximum atomic E-state index is 12.6. The molecule has 9 nitrogen and oxygen atoms in total. The molecule has 0 radical (unpaired) electrons. The zero-order chi connectivity index (χ0) is 24.9. The molecule has 0 aliphatic carbocycles. The van der Waals surface area contributed by atoms with Crippen LogP contribution in [0.2, 0.25) is 0 Å². The first kappa shape index (κ1) is 24.3. The van der Waals surface area contributed by atoms with Crippen molar-refractivity contribution in [3.63, 3.8) is 0 Å². The molecule has 184 valence electrons. The number of nitrogens with one attached hydrogen (secondary N) is 1. The van der Waals surface area contributed by atoms with E-state index < -0.39 is 11.2 Å². The van der Waals surface area contributed by atoms with E-state index >= 15 is 0 Å². The summed E-state index contributed by atoms with van der Waals surface area (Å²) in [7, 11) is 0. The summed E-state index contributed by atoms with van der Waals surface area (Å²) in [6.07, 6.45) is 2.23. The van der Waals surface area contributed by atoms with E-state index in [9.17, 15) is 20.2 Å². The number of likely N-dealkylation sites (tertiary alicyclic amines) is 1. The van der Waals surface area contributed by atoms with Gasteiger partial charge in [-0.05, 0) is 65.8 Å². The first-order valence-corrected chi connectivity index (χ1v) is 12.0. The fourth-order valence-corrected chi connectivity index (χ4v) is 5.80. The number of nitro benzene ring substituents is 1. The molecule has 3 aliphatic rings. The summed E-state index contributed by atoms with van der Waals surface area (Å²) in [5, 5.41) is 25.8. The lowest BCUT2D eigenvalue weighted by molar-refractivity contribution is -0.386. The van der Waals surface area contributed by atoms with Gasteiger partial charge in [0.05, 0.1) is 10.5 Å². The first-order chi connectivity index (χ1) is 15.9. The van der Waals surface area contributed by atoms with Gasteiger partial charge in [0.1, 0.15) is 28.6 Å². The third kappa shape index (κ3) is 4.43. The summed E-state index contributed by atoms with van der Waals surface area (Å²) in [4.78, 5) is 26.2. The molecule has 1 aromatic carbocycles. The lowest BCUT2D eigenvalue weighted by atomic mass is 9.62. The highest BCUT2D eigenvalue weighted by molar-refractivity contribution is 5.68. The molecule has 1 spiro atoms. The van der Waals surface area contributed by atoms with Crippen molar-refractivity contribution in [3.8, 4) is 11.8 Å². The van der Waals surface area contributed by atoms with Crippen LogP contribution in [-0.2, 0) is 11.2 Å². The van der Waals surface area contributed by atoms with Crippen LogP contribution in [0.5, 0.6) is 5.75 Å². The minimum Gasteiger partial charge on any atom is -0.486 e. The number of hydrogen-bond donors (Lipinski definition) is 1. The average molecular weight is 471 g/mol. The molecule has 2 fully saturated rings. The number of ether oxygens (including phenoxy) is 2. The van der Waals surface area contributed by atoms with E-state index in [0.29, 0.717) is 68.7 Å². The fraction of sp³-hybridized carbons (Fsp3) is 0.680. The Morgan fingerprint density at radius 2 is 2.03 bits per heavy atom. The van der Waals surface area contributed by atoms with Gasteiger partial charge >= 0.3 is 6.09 Å². The SMILES string of the molecule is CC(C)(C)OC(=O)N1CCC2(CC1)CNCCC2c1c([N+](=O)[O-])cc2c(c1C#N)OC(C)(C)C2. The Kier molecular flexibility index (Phi) is 6.01. The first-order valence-electron chi connectivity index (χ1n) is 12.0. The summed E-state index contributed by atoms with van der Waals surface area (Å²) in [6, 6.07) is 3.88. The number of hydrogen-bond acceptors (Lipinski definition) is 7. The van der Waals surface area contributed by atoms with Crippen LogP contribution in [0.25, 0.3) is 0 Å². The number of carbonyl (C=O) groups excluding carboxylic acids is 1. The van der Waals surface area contributed by atoms with Crippen LogP contribution in [0.15, 0.2) is 6.07 Å². The molecule has 4 rings (SSSR count). The topological polar surface area (TPSA) is 118 Å². The minimum atomic E-state index is -0.568. The van der Waals surface area contributed by atoms with E-state index in [1.54, 1.807) is 11.0 Å². The second-order valence-electron chi connectivity index (χ2n) is 11.4. The van der Waals surface area contributed by atoms with Crippen molar-refractivity contribution in [2.24, 2.45) is 5.41 Å². The quantitative estimate of drug-likeness (QED) is 0.506. The van der Waals surface area contributed by atoms with Crippen LogP contribution in [-0.4, -0.2) is 53.3 Å². The molecule has 1 amide bonds. The Balaban J connectivity index is 1.71. The number of benzene rings is 1. The molecule has 1 unspecified atom stereocenters. The molecule has 2 saturated heterocycles. The summed E-state index contributed by atoms with van der Waals surface area (Å²) < 4.78 is 11.7. The molecule has 0 aromatic heterocycles. The molecule has 3 aliphatic heterocycles. The van der Waals surface area contributed by atoms with E-state index in [4.69, 9.17) is 9.47 Å². The Bertz CT molecular complexity index is 1040. The number of piperidine rings is 2. The van der Waals surface area contributed by atoms with Crippen molar-refractivity contribution < 1.29 is 19.2 Å². The average Bonchev–Trinajstić information content (AvgIpc) is 3.05. The Labute approximate surface area is 200 Å². The standard InChI is InChI=1S/C25H34N4O5/c1-23(2,3)34-22(30)28-10-7-25(8-11-28)15-27-9-6-18(25)20-17(14-26)21-16(12-19(20)29(31)32)13-24(4,5)33-21/h12,18,27H,6-11,13,15H2,1-5H3. The van der Waals surface area contributed by atoms with E-state index in [0.717, 1.165) is 5.56 Å². The van der Waals surface area contributed by atoms with Crippen molar-refractivity contribution in [2.75, 3.05) is 26.2 Å². The van der Waals surface area contributed by atoms with Gasteiger partial charge in [0, 0.05) is 43.6 Å². The van der Waals surface area contributed by atoms with Crippen LogP contribution in [0.4, 0.5) is 10.5 Å². The van der Waals surface area contributed by atoms with Crippen LogP contribution < -0.4 is 10.1 Å². The van der Waals surface area contributed by atoms with Gasteiger partial charge in [-0.1, -0.05) is 0 Å². The van der Waals surface area contributed by atoms with Crippen molar-refractivity contribution in [2.45, 2.75) is 77.4 Å². The van der Waals surface area contributed by atoms with Gasteiger partial charge in [0.25, 0.3) is 5.69 Å². The van der Waals surface area contributed by atoms with Gasteiger partial charge in [-0.3, -0.25) is 10.1 Å². The third-order valence-electron chi connectivity index (χ3n) is 7.26. The molecule has 34 heavy (non-hydrogen) atoms. The Morgan fingerprint density at radius 1 is 1.35 bits per heavy atom. The molecule has 0 saturated carbocycles. The molecule has 1 N–H and O–H groups in total. The van der Waals surface area contributed by atoms with Gasteiger partial charge in [-0.25, -0.2) is 4.79 Å². The molecule has 3 heterocycles. The Hall–Kier alpha value is -2.86. The van der Waals surface area contributed by atoms with Crippen molar-refractivity contribution in [1.82, 2.24) is 10.2 Å². The molecule has 1 aromatic rings. The molecule has 1 atom stereocenters. The van der Waals surface area contributed by atoms with Crippen molar-refractivity contribution in [3.05, 3.63) is 32.9 Å². The molecule has 0 bridgehead atoms. The van der Waals surface area contributed by atoms with Crippen molar-refractivity contribution in [1.29, 1.82) is 5.26 Å². The predicted octanol–water partition coefficient (Wildman–Crippen LogP) is 4.27. The number of rotatable bonds is 2. The van der Waals surface area contributed by atoms with Gasteiger partial charge in [0.2, 0.25) is 0 Å². The third-order valence-corrected chi connectivity index (χ3v) is 7.26. The summed E-state index contributed by atoms with van der Waals surface area (Å²) >= 11 is 0. The molecular weight excluding hydrogens is 436 g/mol. The number of carbonyl (C=O) groups is 1. The largest absolute Gasteiger partial charge is 0.486 e. The number of nitrogens with zero attached hydrogens (tertiary/aromatic N) is 3. The maximum Gasteiger partial charge on any atom is 0.410 e. The van der Waals surface area contributed by atoms with Gasteiger partial charge in [-0.15, -0.1) is 0 Å². The normalized spacial score (nSPS) is 23.1. The highest BCUT2D eigenvalue weighted by Gasteiger charge is 2.49. The zero-order valence-corrected chi connectivity index (χ0v) is 20.7. The van der Waals surface area contributed by atoms with Gasteiger partial charge < -0.3 is 19.7 Å². The highest BCUT2D eigenvalue weighted by Crippen LogP contribution is 2.53. The minimum absolute atomic E-state index is 0.0115. The van der Waals surface area contributed by atoms with E-state index in [1.165, 1.54) is 0 Å². The summed E-state index contributed by atoms with van der Waals surface area (Å²) in [5.74, 6) is 0.315. The molecule has 9 heteroatoms. The van der Waals surface area contributed by atoms with Gasteiger partial charge in [0.15, 0.2) is 0 Å². The predicted molar refractivity (Wildman–Crippen MR) is 126 cm³/mol. The smallest absolute Gasteiger partial charge is 0.410 e. The fourth-order valence-electron chi connectivity index (χ4n) is 5.80. The van der Waals surface area contributed by atoms with E-state index in [1.807, 2.05) is 34.6 Å². The summed E-state index contributed by atoms with van der Waals surface area (Å²) in [6.45, 7) is 11.8. The van der Waals surface area contributed by atoms with E-state index in [2.05, 4.69) is 11.4 Å². The van der Waals surface area contributed by atoms with Crippen LogP contribution in [0.1, 0.15) is 76.5 Å². The monoisotopic (exact) mass is 470 g/mol. The van der Waals surface area contributed by atoms with Crippen LogP contribution in [0.3, 0.4) is 0 Å². The highest BCUT2D eigenvalue weighted by atomic mass is 16.6. The van der Waals surface area contributed by atoms with Crippen molar-refractivity contribution >= 4 is 11.8 Å². The zero-order valence-electron chi connectivity index (χ0n) is 20.7. The lowest BCUT2D eigenvalue weighted by Gasteiger charge is -2.49. The second kappa shape index (κ2) is 8.42. The maximum absolute atomic E-state index is 12.6. The number of nitriles is 1. The molecular formula is C25H34N4O5. The summed E-state index contributed by atoms with van der Waals surface area (Å²) in [5.41, 5.74) is 0.159. The lowest BCUT2D eigenvalue weighted by Crippen LogP contribution is -2.53. The number of nitro groups is 1.